The van der Waals surface area contributed by atoms with Gasteiger partial charge in [0, 0.05) is 0 Å². The molecule has 0 spiro atoms. The molecule has 0 aliphatic heterocycles. The predicted octanol–water partition coefficient (Wildman–Crippen LogP) is 2.96. The average molecular weight is 237 g/mol. The van der Waals surface area contributed by atoms with E-state index in [1.54, 1.807) is 11.6 Å². The highest BCUT2D eigenvalue weighted by Crippen LogP contribution is 2.28. The first-order chi connectivity index (χ1) is 7.59. The van der Waals surface area contributed by atoms with E-state index in [4.69, 9.17) is 5.11 Å². The van der Waals surface area contributed by atoms with Crippen LogP contribution in [0.4, 0.5) is 4.39 Å². The first-order valence-corrected chi connectivity index (χ1v) is 5.41. The molecule has 0 aliphatic carbocycles. The Morgan fingerprint density at radius 2 is 2.25 bits per heavy atom. The molecular formula is C11H8FNO2S. The largest absolute Gasteiger partial charge is 0.478 e. The minimum Gasteiger partial charge on any atom is -0.478 e. The highest BCUT2D eigenvalue weighted by molar-refractivity contribution is 7.13. The number of halogens is 1. The van der Waals surface area contributed by atoms with Gasteiger partial charge < -0.3 is 5.11 Å². The van der Waals surface area contributed by atoms with Crippen LogP contribution in [0.5, 0.6) is 0 Å². The van der Waals surface area contributed by atoms with Crippen molar-refractivity contribution in [1.29, 1.82) is 0 Å². The number of carbonyl (C=O) groups is 1. The molecule has 0 bridgehead atoms. The summed E-state index contributed by atoms with van der Waals surface area (Å²) in [6.07, 6.45) is 0. The number of thiazole rings is 1. The summed E-state index contributed by atoms with van der Waals surface area (Å²) in [5, 5.41) is 8.69. The number of hydrogen-bond donors (Lipinski definition) is 1. The normalized spacial score (nSPS) is 10.4. The number of rotatable bonds is 2. The molecule has 16 heavy (non-hydrogen) atoms. The summed E-state index contributed by atoms with van der Waals surface area (Å²) in [5.74, 6) is -1.98. The summed E-state index contributed by atoms with van der Waals surface area (Å²) in [6.45, 7) is 1.83. The number of hydrogen-bond acceptors (Lipinski definition) is 3. The summed E-state index contributed by atoms with van der Waals surface area (Å²) in [6, 6.07) is 4.09. The quantitative estimate of drug-likeness (QED) is 0.873. The lowest BCUT2D eigenvalue weighted by Gasteiger charge is -2.01. The molecule has 82 valence electrons. The maximum Gasteiger partial charge on any atom is 0.338 e. The van der Waals surface area contributed by atoms with E-state index in [0.717, 1.165) is 10.6 Å². The van der Waals surface area contributed by atoms with E-state index in [1.807, 2.05) is 6.92 Å². The van der Waals surface area contributed by atoms with E-state index < -0.39 is 11.8 Å². The molecule has 0 saturated heterocycles. The Bertz CT molecular complexity index is 551. The fraction of sp³-hybridized carbons (Fsp3) is 0.0909. The van der Waals surface area contributed by atoms with Crippen molar-refractivity contribution in [3.8, 4) is 10.4 Å². The zero-order chi connectivity index (χ0) is 11.7. The summed E-state index contributed by atoms with van der Waals surface area (Å²) in [5.41, 5.74) is 2.83. The second-order valence-corrected chi connectivity index (χ2v) is 4.12. The zero-order valence-electron chi connectivity index (χ0n) is 8.40. The van der Waals surface area contributed by atoms with Crippen molar-refractivity contribution in [2.45, 2.75) is 6.92 Å². The molecule has 1 N–H and O–H groups in total. The second kappa shape index (κ2) is 4.02. The summed E-state index contributed by atoms with van der Waals surface area (Å²) in [4.78, 5) is 15.6. The van der Waals surface area contributed by atoms with Crippen LogP contribution >= 0.6 is 11.3 Å². The third-order valence-electron chi connectivity index (χ3n) is 2.21. The van der Waals surface area contributed by atoms with Gasteiger partial charge in [0.05, 0.1) is 21.6 Å². The second-order valence-electron chi connectivity index (χ2n) is 3.27. The van der Waals surface area contributed by atoms with Crippen LogP contribution in [-0.4, -0.2) is 16.1 Å². The third-order valence-corrected chi connectivity index (χ3v) is 3.18. The van der Waals surface area contributed by atoms with Gasteiger partial charge in [0.15, 0.2) is 0 Å². The molecule has 0 unspecified atom stereocenters. The molecule has 0 amide bonds. The molecule has 3 nitrogen and oxygen atoms in total. The van der Waals surface area contributed by atoms with Crippen LogP contribution in [-0.2, 0) is 0 Å². The molecule has 5 heteroatoms. The molecule has 0 atom stereocenters. The van der Waals surface area contributed by atoms with Gasteiger partial charge in [-0.1, -0.05) is 6.07 Å². The molecular weight excluding hydrogens is 229 g/mol. The van der Waals surface area contributed by atoms with Gasteiger partial charge in [-0.25, -0.2) is 14.2 Å². The fourth-order valence-corrected chi connectivity index (χ4v) is 2.21. The fourth-order valence-electron chi connectivity index (χ4n) is 1.41. The number of nitrogens with zero attached hydrogens (tertiary/aromatic N) is 1. The van der Waals surface area contributed by atoms with Gasteiger partial charge in [0.2, 0.25) is 0 Å². The van der Waals surface area contributed by atoms with Crippen molar-refractivity contribution in [3.05, 3.63) is 40.8 Å². The molecule has 0 aliphatic rings. The van der Waals surface area contributed by atoms with Crippen LogP contribution in [0.1, 0.15) is 16.1 Å². The van der Waals surface area contributed by atoms with Gasteiger partial charge in [-0.3, -0.25) is 0 Å². The number of carboxylic acid groups (broad SMARTS) is 1. The molecule has 0 fully saturated rings. The van der Waals surface area contributed by atoms with Crippen LogP contribution in [0.2, 0.25) is 0 Å². The Morgan fingerprint density at radius 3 is 2.75 bits per heavy atom. The van der Waals surface area contributed by atoms with Gasteiger partial charge in [-0.15, -0.1) is 11.3 Å². The lowest BCUT2D eigenvalue weighted by atomic mass is 10.1. The first kappa shape index (κ1) is 10.8. The molecule has 1 aromatic heterocycles. The Balaban J connectivity index is 2.50. The minimum absolute atomic E-state index is 0.314. The maximum atomic E-state index is 13.4. The molecule has 2 rings (SSSR count). The van der Waals surface area contributed by atoms with Gasteiger partial charge >= 0.3 is 5.97 Å². The van der Waals surface area contributed by atoms with Gasteiger partial charge in [-0.2, -0.15) is 0 Å². The monoisotopic (exact) mass is 237 g/mol. The molecule has 0 saturated carbocycles. The van der Waals surface area contributed by atoms with Crippen molar-refractivity contribution >= 4 is 17.3 Å². The first-order valence-electron chi connectivity index (χ1n) is 4.53. The van der Waals surface area contributed by atoms with Gasteiger partial charge in [-0.05, 0) is 24.6 Å². The lowest BCUT2D eigenvalue weighted by Crippen LogP contribution is -2.00. The van der Waals surface area contributed by atoms with Gasteiger partial charge in [0.25, 0.3) is 0 Å². The van der Waals surface area contributed by atoms with Crippen LogP contribution < -0.4 is 0 Å². The van der Waals surface area contributed by atoms with E-state index in [1.165, 1.54) is 23.5 Å². The van der Waals surface area contributed by atoms with E-state index >= 15 is 0 Å². The SMILES string of the molecule is Cc1ncsc1-c1ccc(C(=O)O)c(F)c1. The van der Waals surface area contributed by atoms with Crippen molar-refractivity contribution in [2.75, 3.05) is 0 Å². The number of aryl methyl sites for hydroxylation is 1. The molecule has 1 heterocycles. The Labute approximate surface area is 95.2 Å². The third kappa shape index (κ3) is 1.81. The lowest BCUT2D eigenvalue weighted by molar-refractivity contribution is 0.0692. The van der Waals surface area contributed by atoms with E-state index in [-0.39, 0.29) is 5.56 Å². The van der Waals surface area contributed by atoms with Crippen molar-refractivity contribution in [3.63, 3.8) is 0 Å². The highest BCUT2D eigenvalue weighted by atomic mass is 32.1. The number of aromatic carboxylic acids is 1. The van der Waals surface area contributed by atoms with Crippen LogP contribution in [0, 0.1) is 12.7 Å². The number of aromatic nitrogens is 1. The number of benzene rings is 1. The molecule has 1 aromatic carbocycles. The van der Waals surface area contributed by atoms with Crippen LogP contribution in [0.15, 0.2) is 23.7 Å². The van der Waals surface area contributed by atoms with E-state index in [9.17, 15) is 9.18 Å². The van der Waals surface area contributed by atoms with E-state index in [0.29, 0.717) is 5.56 Å². The Hall–Kier alpha value is -1.75. The Morgan fingerprint density at radius 1 is 1.50 bits per heavy atom. The van der Waals surface area contributed by atoms with E-state index in [2.05, 4.69) is 4.98 Å². The van der Waals surface area contributed by atoms with Crippen molar-refractivity contribution in [2.24, 2.45) is 0 Å². The smallest absolute Gasteiger partial charge is 0.338 e. The summed E-state index contributed by atoms with van der Waals surface area (Å²) >= 11 is 1.40. The topological polar surface area (TPSA) is 50.2 Å². The van der Waals surface area contributed by atoms with Crippen molar-refractivity contribution in [1.82, 2.24) is 4.98 Å². The maximum absolute atomic E-state index is 13.4. The van der Waals surface area contributed by atoms with Crippen LogP contribution in [0.3, 0.4) is 0 Å². The highest BCUT2D eigenvalue weighted by Gasteiger charge is 2.12. The predicted molar refractivity (Wildman–Crippen MR) is 59.2 cm³/mol. The zero-order valence-corrected chi connectivity index (χ0v) is 9.21. The van der Waals surface area contributed by atoms with Crippen LogP contribution in [0.25, 0.3) is 10.4 Å². The molecule has 0 radical (unpaired) electrons. The molecule has 2 aromatic rings. The minimum atomic E-state index is -1.26. The Kier molecular flexibility index (Phi) is 2.70. The average Bonchev–Trinajstić information content (AvgIpc) is 2.63. The van der Waals surface area contributed by atoms with Crippen molar-refractivity contribution < 1.29 is 14.3 Å². The number of carboxylic acids is 1. The van der Waals surface area contributed by atoms with Gasteiger partial charge in [0.1, 0.15) is 5.82 Å². The summed E-state index contributed by atoms with van der Waals surface area (Å²) in [7, 11) is 0. The standard InChI is InChI=1S/C11H8FNO2S/c1-6-10(16-5-13-6)7-2-3-8(11(14)15)9(12)4-7/h2-5H,1H3,(H,14,15). The summed E-state index contributed by atoms with van der Waals surface area (Å²) < 4.78 is 13.4.